The Morgan fingerprint density at radius 1 is 1.25 bits per heavy atom. The van der Waals surface area contributed by atoms with Gasteiger partial charge in [0.15, 0.2) is 0 Å². The Balaban J connectivity index is -0.00000000500. The van der Waals surface area contributed by atoms with Crippen molar-refractivity contribution in [1.82, 2.24) is 0 Å². The molecule has 0 aliphatic heterocycles. The van der Waals surface area contributed by atoms with Crippen molar-refractivity contribution in [1.29, 1.82) is 0 Å². The van der Waals surface area contributed by atoms with Crippen molar-refractivity contribution in [2.45, 2.75) is 6.92 Å². The second kappa shape index (κ2) is 59.2. The zero-order valence-electron chi connectivity index (χ0n) is 3.09. The summed E-state index contributed by atoms with van der Waals surface area (Å²) in [4.78, 5) is 0. The van der Waals surface area contributed by atoms with E-state index in [1.54, 1.807) is 6.92 Å². The molecule has 0 aliphatic rings. The third kappa shape index (κ3) is 16.8. The summed E-state index contributed by atoms with van der Waals surface area (Å²) in [6, 6.07) is 0. The molecule has 0 unspecified atom stereocenters. The molecule has 1 radical (unpaired) electrons. The maximum atomic E-state index is 3.25. The van der Waals surface area contributed by atoms with Gasteiger partial charge in [-0.05, 0) is 0 Å². The quantitative estimate of drug-likeness (QED) is 0.550. The Kier molecular flexibility index (Phi) is 335. The molecule has 0 saturated heterocycles. The molecule has 0 N–H and O–H groups in total. The molecule has 0 heterocycles. The first-order valence-electron chi connectivity index (χ1n) is 0.707. The second-order valence-electron chi connectivity index (χ2n) is 0. The van der Waals surface area contributed by atoms with Crippen LogP contribution in [0.5, 0.6) is 0 Å². The van der Waals surface area contributed by atoms with Crippen LogP contribution in [0.4, 0.5) is 0 Å². The van der Waals surface area contributed by atoms with Crippen molar-refractivity contribution in [2.75, 3.05) is 0 Å². The summed E-state index contributed by atoms with van der Waals surface area (Å²) in [6.07, 6.45) is 0. The van der Waals surface area contributed by atoms with Crippen LogP contribution in [0.1, 0.15) is 6.92 Å². The Morgan fingerprint density at radius 2 is 1.25 bits per heavy atom. The van der Waals surface area contributed by atoms with Gasteiger partial charge in [0.2, 0.25) is 0 Å². The van der Waals surface area contributed by atoms with Crippen LogP contribution >= 0.6 is 0 Å². The SMILES string of the molecule is [CH2-]C.[CH3-].[Re]. The molecule has 0 bridgehead atoms. The maximum Gasteiger partial charge on any atom is 0 e. The minimum atomic E-state index is 0. The summed E-state index contributed by atoms with van der Waals surface area (Å²) < 4.78 is 0. The first kappa shape index (κ1) is 22.6. The van der Waals surface area contributed by atoms with Gasteiger partial charge in [0.05, 0.1) is 0 Å². The van der Waals surface area contributed by atoms with Gasteiger partial charge >= 0.3 is 0 Å². The zero-order chi connectivity index (χ0) is 2.00. The molecule has 1 heteroatoms. The maximum absolute atomic E-state index is 3.25. The van der Waals surface area contributed by atoms with Crippen LogP contribution in [0, 0.1) is 14.4 Å². The summed E-state index contributed by atoms with van der Waals surface area (Å²) in [5, 5.41) is 0. The smallest absolute Gasteiger partial charge is 0 e. The Hall–Kier alpha value is 0.662. The Labute approximate surface area is 42.3 Å². The van der Waals surface area contributed by atoms with E-state index in [1.165, 1.54) is 0 Å². The van der Waals surface area contributed by atoms with Crippen molar-refractivity contribution in [3.63, 3.8) is 0 Å². The topological polar surface area (TPSA) is 0 Å². The number of rotatable bonds is 0. The van der Waals surface area contributed by atoms with E-state index in [9.17, 15) is 0 Å². The standard InChI is InChI=1S/C2H5.CH3.Re/c1-2;;/h1H2,2H3;1H3;/q2*-1;. The molecule has 0 saturated carbocycles. The molecule has 0 aromatic rings. The van der Waals surface area contributed by atoms with Crippen molar-refractivity contribution in [3.05, 3.63) is 14.4 Å². The van der Waals surface area contributed by atoms with Crippen LogP contribution in [-0.2, 0) is 20.4 Å². The van der Waals surface area contributed by atoms with Gasteiger partial charge < -0.3 is 14.4 Å². The fourth-order valence-electron chi connectivity index (χ4n) is 0. The molecule has 0 amide bonds. The van der Waals surface area contributed by atoms with Crippen molar-refractivity contribution in [3.8, 4) is 0 Å². The normalized spacial score (nSPS) is 1.50. The minimum absolute atomic E-state index is 0. The van der Waals surface area contributed by atoms with E-state index in [0.717, 1.165) is 0 Å². The molecule has 0 aromatic heterocycles. The Morgan fingerprint density at radius 3 is 1.25 bits per heavy atom. The van der Waals surface area contributed by atoms with Gasteiger partial charge in [-0.2, -0.15) is 6.92 Å². The van der Waals surface area contributed by atoms with Gasteiger partial charge in [0.1, 0.15) is 0 Å². The van der Waals surface area contributed by atoms with E-state index in [0.29, 0.717) is 0 Å². The van der Waals surface area contributed by atoms with Crippen LogP contribution in [0.3, 0.4) is 0 Å². The predicted octanol–water partition coefficient (Wildman–Crippen LogP) is 1.29. The van der Waals surface area contributed by atoms with E-state index in [-0.39, 0.29) is 27.8 Å². The first-order chi connectivity index (χ1) is 1.00. The third-order valence-electron chi connectivity index (χ3n) is 0. The average molecular weight is 230 g/mol. The molecule has 4 heavy (non-hydrogen) atoms. The van der Waals surface area contributed by atoms with E-state index < -0.39 is 0 Å². The van der Waals surface area contributed by atoms with E-state index in [1.807, 2.05) is 0 Å². The predicted molar refractivity (Wildman–Crippen MR) is 17.4 cm³/mol. The summed E-state index contributed by atoms with van der Waals surface area (Å²) in [6.45, 7) is 5.00. The summed E-state index contributed by atoms with van der Waals surface area (Å²) in [5.74, 6) is 0. The molecule has 0 nitrogen and oxygen atoms in total. The van der Waals surface area contributed by atoms with E-state index >= 15 is 0 Å². The molecule has 0 atom stereocenters. The molecule has 0 rings (SSSR count). The largest absolute Gasteiger partial charge is 0.358 e. The molecule has 0 spiro atoms. The number of hydrogen-bond donors (Lipinski definition) is 0. The number of hydrogen-bond acceptors (Lipinski definition) is 0. The van der Waals surface area contributed by atoms with Gasteiger partial charge in [-0.15, -0.1) is 0 Å². The van der Waals surface area contributed by atoms with Crippen LogP contribution in [0.25, 0.3) is 0 Å². The van der Waals surface area contributed by atoms with E-state index in [2.05, 4.69) is 6.92 Å². The van der Waals surface area contributed by atoms with Crippen LogP contribution in [0.15, 0.2) is 0 Å². The molecular formula is C3H8Re-2. The van der Waals surface area contributed by atoms with E-state index in [4.69, 9.17) is 0 Å². The van der Waals surface area contributed by atoms with Crippen molar-refractivity contribution < 1.29 is 20.4 Å². The summed E-state index contributed by atoms with van der Waals surface area (Å²) in [5.41, 5.74) is 0. The average Bonchev–Trinajstić information content (AvgIpc) is 1.00. The third-order valence-corrected chi connectivity index (χ3v) is 0. The second-order valence-corrected chi connectivity index (χ2v) is 0. The first-order valence-corrected chi connectivity index (χ1v) is 0.707. The van der Waals surface area contributed by atoms with Crippen molar-refractivity contribution in [2.24, 2.45) is 0 Å². The van der Waals surface area contributed by atoms with Gasteiger partial charge in [0, 0.05) is 20.4 Å². The van der Waals surface area contributed by atoms with Crippen LogP contribution in [-0.4, -0.2) is 0 Å². The van der Waals surface area contributed by atoms with Crippen LogP contribution in [0.2, 0.25) is 0 Å². The van der Waals surface area contributed by atoms with Gasteiger partial charge in [-0.1, -0.05) is 0 Å². The molecule has 29 valence electrons. The molecule has 0 aromatic carbocycles. The van der Waals surface area contributed by atoms with Crippen LogP contribution < -0.4 is 0 Å². The molecule has 0 aliphatic carbocycles. The van der Waals surface area contributed by atoms with Gasteiger partial charge in [0.25, 0.3) is 0 Å². The summed E-state index contributed by atoms with van der Waals surface area (Å²) in [7, 11) is 0. The molecular weight excluding hydrogens is 222 g/mol. The summed E-state index contributed by atoms with van der Waals surface area (Å²) >= 11 is 0. The fraction of sp³-hybridized carbons (Fsp3) is 0.333. The molecule has 0 fully saturated rings. The Bertz CT molecular complexity index is 3.25. The van der Waals surface area contributed by atoms with Gasteiger partial charge in [-0.25, -0.2) is 0 Å². The van der Waals surface area contributed by atoms with Gasteiger partial charge in [-0.3, -0.25) is 0 Å². The monoisotopic (exact) mass is 231 g/mol. The minimum Gasteiger partial charge on any atom is -0.358 e. The fourth-order valence-corrected chi connectivity index (χ4v) is 0. The van der Waals surface area contributed by atoms with Crippen molar-refractivity contribution >= 4 is 0 Å². The zero-order valence-corrected chi connectivity index (χ0v) is 5.80.